The van der Waals surface area contributed by atoms with Crippen molar-refractivity contribution >= 4 is 5.97 Å². The van der Waals surface area contributed by atoms with E-state index in [1.807, 2.05) is 6.92 Å². The normalized spacial score (nSPS) is 10.1. The Morgan fingerprint density at radius 1 is 1.44 bits per heavy atom. The molecule has 0 aliphatic carbocycles. The van der Waals surface area contributed by atoms with Crippen LogP contribution in [0.4, 0.5) is 0 Å². The first-order valence-corrected chi connectivity index (χ1v) is 5.05. The van der Waals surface area contributed by atoms with E-state index in [0.717, 1.165) is 0 Å². The average molecular weight is 225 g/mol. The second kappa shape index (κ2) is 6.81. The highest BCUT2D eigenvalue weighted by molar-refractivity contribution is 5.90. The lowest BCUT2D eigenvalue weighted by Gasteiger charge is -2.09. The van der Waals surface area contributed by atoms with Crippen molar-refractivity contribution in [2.75, 3.05) is 19.8 Å². The van der Waals surface area contributed by atoms with Gasteiger partial charge in [-0.2, -0.15) is 5.48 Å². The van der Waals surface area contributed by atoms with E-state index in [1.54, 1.807) is 18.2 Å². The van der Waals surface area contributed by atoms with Gasteiger partial charge in [0.1, 0.15) is 17.9 Å². The lowest BCUT2D eigenvalue weighted by atomic mass is 10.2. The SMILES string of the molecule is CCONCCOc1ccccc1C(=O)O. The molecular formula is C11H15NO4. The van der Waals surface area contributed by atoms with Gasteiger partial charge in [0.25, 0.3) is 0 Å². The number of carboxylic acids is 1. The number of carboxylic acid groups (broad SMARTS) is 1. The molecule has 0 saturated carbocycles. The number of para-hydroxylation sites is 1. The minimum absolute atomic E-state index is 0.166. The van der Waals surface area contributed by atoms with E-state index in [2.05, 4.69) is 5.48 Å². The van der Waals surface area contributed by atoms with E-state index in [-0.39, 0.29) is 5.56 Å². The Hall–Kier alpha value is -1.59. The van der Waals surface area contributed by atoms with Crippen LogP contribution >= 0.6 is 0 Å². The van der Waals surface area contributed by atoms with Crippen LogP contribution < -0.4 is 10.2 Å². The lowest BCUT2D eigenvalue weighted by molar-refractivity contribution is 0.0431. The van der Waals surface area contributed by atoms with Gasteiger partial charge in [0.15, 0.2) is 0 Å². The topological polar surface area (TPSA) is 67.8 Å². The van der Waals surface area contributed by atoms with Crippen LogP contribution in [-0.4, -0.2) is 30.8 Å². The summed E-state index contributed by atoms with van der Waals surface area (Å²) >= 11 is 0. The first-order chi connectivity index (χ1) is 7.75. The molecule has 0 radical (unpaired) electrons. The average Bonchev–Trinajstić information content (AvgIpc) is 2.29. The second-order valence-corrected chi connectivity index (χ2v) is 2.98. The van der Waals surface area contributed by atoms with Crippen molar-refractivity contribution in [3.05, 3.63) is 29.8 Å². The smallest absolute Gasteiger partial charge is 0.339 e. The molecule has 0 fully saturated rings. The maximum atomic E-state index is 10.8. The molecule has 16 heavy (non-hydrogen) atoms. The number of aromatic carboxylic acids is 1. The molecule has 0 bridgehead atoms. The largest absolute Gasteiger partial charge is 0.491 e. The van der Waals surface area contributed by atoms with Gasteiger partial charge in [-0.15, -0.1) is 0 Å². The highest BCUT2D eigenvalue weighted by atomic mass is 16.6. The molecule has 88 valence electrons. The molecule has 5 nitrogen and oxygen atoms in total. The molecule has 0 heterocycles. The minimum atomic E-state index is -0.992. The van der Waals surface area contributed by atoms with Crippen molar-refractivity contribution < 1.29 is 19.5 Å². The second-order valence-electron chi connectivity index (χ2n) is 2.98. The molecular weight excluding hydrogens is 210 g/mol. The molecule has 5 heteroatoms. The van der Waals surface area contributed by atoms with Crippen molar-refractivity contribution in [3.8, 4) is 5.75 Å². The molecule has 0 aromatic heterocycles. The maximum Gasteiger partial charge on any atom is 0.339 e. The van der Waals surface area contributed by atoms with Gasteiger partial charge < -0.3 is 14.7 Å². The standard InChI is InChI=1S/C11H15NO4/c1-2-16-12-7-8-15-10-6-4-3-5-9(10)11(13)14/h3-6,12H,2,7-8H2,1H3,(H,13,14). The van der Waals surface area contributed by atoms with Gasteiger partial charge in [-0.3, -0.25) is 0 Å². The number of hydrogen-bond acceptors (Lipinski definition) is 4. The van der Waals surface area contributed by atoms with Crippen LogP contribution in [0.5, 0.6) is 5.75 Å². The Balaban J connectivity index is 2.44. The molecule has 0 unspecified atom stereocenters. The Morgan fingerprint density at radius 2 is 2.19 bits per heavy atom. The fraction of sp³-hybridized carbons (Fsp3) is 0.364. The van der Waals surface area contributed by atoms with Crippen molar-refractivity contribution in [2.45, 2.75) is 6.92 Å². The van der Waals surface area contributed by atoms with Crippen molar-refractivity contribution in [2.24, 2.45) is 0 Å². The van der Waals surface area contributed by atoms with Gasteiger partial charge in [-0.25, -0.2) is 4.79 Å². The van der Waals surface area contributed by atoms with Gasteiger partial charge in [0.2, 0.25) is 0 Å². The summed E-state index contributed by atoms with van der Waals surface area (Å²) in [5.41, 5.74) is 2.85. The quantitative estimate of drug-likeness (QED) is 0.541. The zero-order chi connectivity index (χ0) is 11.8. The van der Waals surface area contributed by atoms with Crippen LogP contribution in [0.15, 0.2) is 24.3 Å². The van der Waals surface area contributed by atoms with Crippen molar-refractivity contribution in [3.63, 3.8) is 0 Å². The first kappa shape index (κ1) is 12.5. The molecule has 2 N–H and O–H groups in total. The van der Waals surface area contributed by atoms with Crippen molar-refractivity contribution in [1.82, 2.24) is 5.48 Å². The van der Waals surface area contributed by atoms with E-state index in [9.17, 15) is 4.79 Å². The Morgan fingerprint density at radius 3 is 2.88 bits per heavy atom. The summed E-state index contributed by atoms with van der Waals surface area (Å²) < 4.78 is 5.32. The summed E-state index contributed by atoms with van der Waals surface area (Å²) in [5, 5.41) is 8.89. The number of benzene rings is 1. The number of carbonyl (C=O) groups is 1. The number of hydrogen-bond donors (Lipinski definition) is 2. The van der Waals surface area contributed by atoms with E-state index in [1.165, 1.54) is 6.07 Å². The van der Waals surface area contributed by atoms with Gasteiger partial charge in [0.05, 0.1) is 13.2 Å². The summed E-state index contributed by atoms with van der Waals surface area (Å²) in [6.45, 7) is 3.30. The fourth-order valence-corrected chi connectivity index (χ4v) is 1.15. The van der Waals surface area contributed by atoms with Gasteiger partial charge in [-0.1, -0.05) is 12.1 Å². The number of hydroxylamine groups is 1. The molecule has 0 atom stereocenters. The predicted molar refractivity (Wildman–Crippen MR) is 58.5 cm³/mol. The molecule has 0 spiro atoms. The zero-order valence-electron chi connectivity index (χ0n) is 9.10. The van der Waals surface area contributed by atoms with E-state index in [0.29, 0.717) is 25.5 Å². The first-order valence-electron chi connectivity index (χ1n) is 5.05. The van der Waals surface area contributed by atoms with Crippen molar-refractivity contribution in [1.29, 1.82) is 0 Å². The minimum Gasteiger partial charge on any atom is -0.491 e. The summed E-state index contributed by atoms with van der Waals surface area (Å²) in [6, 6.07) is 6.53. The van der Waals surface area contributed by atoms with Crippen LogP contribution in [0.25, 0.3) is 0 Å². The third-order valence-corrected chi connectivity index (χ3v) is 1.83. The van der Waals surface area contributed by atoms with E-state index in [4.69, 9.17) is 14.7 Å². The summed E-state index contributed by atoms with van der Waals surface area (Å²) in [4.78, 5) is 15.7. The molecule has 0 saturated heterocycles. The highest BCUT2D eigenvalue weighted by Gasteiger charge is 2.09. The van der Waals surface area contributed by atoms with Gasteiger partial charge in [0, 0.05) is 0 Å². The third kappa shape index (κ3) is 3.88. The van der Waals surface area contributed by atoms with Gasteiger partial charge in [-0.05, 0) is 19.1 Å². The van der Waals surface area contributed by atoms with Crippen LogP contribution in [0, 0.1) is 0 Å². The molecule has 0 amide bonds. The maximum absolute atomic E-state index is 10.8. The number of rotatable bonds is 7. The number of nitrogens with one attached hydrogen (secondary N) is 1. The lowest BCUT2D eigenvalue weighted by Crippen LogP contribution is -2.21. The molecule has 1 aromatic carbocycles. The monoisotopic (exact) mass is 225 g/mol. The molecule has 0 aliphatic rings. The van der Waals surface area contributed by atoms with E-state index < -0.39 is 5.97 Å². The Bertz CT molecular complexity index is 341. The number of ether oxygens (including phenoxy) is 1. The molecule has 0 aliphatic heterocycles. The summed E-state index contributed by atoms with van der Waals surface area (Å²) in [5.74, 6) is -0.623. The Labute approximate surface area is 93.9 Å². The van der Waals surface area contributed by atoms with Crippen LogP contribution in [0.2, 0.25) is 0 Å². The highest BCUT2D eigenvalue weighted by Crippen LogP contribution is 2.17. The summed E-state index contributed by atoms with van der Waals surface area (Å²) in [7, 11) is 0. The van der Waals surface area contributed by atoms with Crippen LogP contribution in [0.3, 0.4) is 0 Å². The molecule has 1 aromatic rings. The fourth-order valence-electron chi connectivity index (χ4n) is 1.15. The molecule has 1 rings (SSSR count). The third-order valence-electron chi connectivity index (χ3n) is 1.83. The zero-order valence-corrected chi connectivity index (χ0v) is 9.10. The van der Waals surface area contributed by atoms with E-state index >= 15 is 0 Å². The predicted octanol–water partition coefficient (Wildman–Crippen LogP) is 1.30. The van der Waals surface area contributed by atoms with Crippen LogP contribution in [-0.2, 0) is 4.84 Å². The summed E-state index contributed by atoms with van der Waals surface area (Å²) in [6.07, 6.45) is 0. The Kier molecular flexibility index (Phi) is 5.31. The van der Waals surface area contributed by atoms with Crippen LogP contribution in [0.1, 0.15) is 17.3 Å². The van der Waals surface area contributed by atoms with Gasteiger partial charge >= 0.3 is 5.97 Å².